The van der Waals surface area contributed by atoms with Gasteiger partial charge in [-0.1, -0.05) is 30.3 Å². The number of piperidine rings is 1. The largest absolute Gasteiger partial charge is 0.339 e. The summed E-state index contributed by atoms with van der Waals surface area (Å²) < 4.78 is 13.3. The minimum absolute atomic E-state index is 0.183. The molecular weight excluding hydrogens is 317 g/mol. The lowest BCUT2D eigenvalue weighted by molar-refractivity contribution is -0.133. The number of nitrogens with one attached hydrogen (secondary N) is 1. The number of carbonyl (C=O) groups is 1. The molecule has 0 aliphatic carbocycles. The molecule has 1 amide bonds. The first-order chi connectivity index (χ1) is 12.2. The normalized spacial score (nSPS) is 19.6. The van der Waals surface area contributed by atoms with Crippen LogP contribution >= 0.6 is 0 Å². The third kappa shape index (κ3) is 2.89. The van der Waals surface area contributed by atoms with E-state index in [9.17, 15) is 9.18 Å². The van der Waals surface area contributed by atoms with Crippen molar-refractivity contribution in [1.82, 2.24) is 10.2 Å². The van der Waals surface area contributed by atoms with E-state index in [0.29, 0.717) is 13.2 Å². The van der Waals surface area contributed by atoms with Gasteiger partial charge in [0.25, 0.3) is 0 Å². The van der Waals surface area contributed by atoms with E-state index in [1.807, 2.05) is 35.2 Å². The Balaban J connectivity index is 1.66. The Morgan fingerprint density at radius 3 is 2.36 bits per heavy atom. The van der Waals surface area contributed by atoms with E-state index in [1.165, 1.54) is 12.1 Å². The lowest BCUT2D eigenvalue weighted by atomic mass is 9.86. The van der Waals surface area contributed by atoms with Gasteiger partial charge in [0.2, 0.25) is 5.91 Å². The summed E-state index contributed by atoms with van der Waals surface area (Å²) in [7, 11) is 0. The number of amides is 1. The Morgan fingerprint density at radius 1 is 1.00 bits per heavy atom. The molecule has 2 aromatic rings. The molecule has 0 saturated carbocycles. The summed E-state index contributed by atoms with van der Waals surface area (Å²) in [4.78, 5) is 17.4. The summed E-state index contributed by atoms with van der Waals surface area (Å²) in [5.41, 5.74) is 1.52. The van der Waals surface area contributed by atoms with Crippen molar-refractivity contribution in [3.05, 3.63) is 66.0 Å². The molecule has 25 heavy (non-hydrogen) atoms. The summed E-state index contributed by atoms with van der Waals surface area (Å²) in [6.45, 7) is 2.79. The molecule has 4 rings (SSSR count). The Kier molecular flexibility index (Phi) is 4.17. The highest BCUT2D eigenvalue weighted by Crippen LogP contribution is 2.38. The van der Waals surface area contributed by atoms with E-state index in [4.69, 9.17) is 0 Å². The zero-order chi connectivity index (χ0) is 17.3. The molecule has 4 nitrogen and oxygen atoms in total. The summed E-state index contributed by atoms with van der Waals surface area (Å²) in [5, 5.41) is 3.34. The highest BCUT2D eigenvalue weighted by atomic mass is 19.1. The Bertz CT molecular complexity index is 741. The Morgan fingerprint density at radius 2 is 1.68 bits per heavy atom. The fourth-order valence-electron chi connectivity index (χ4n) is 3.98. The van der Waals surface area contributed by atoms with Crippen LogP contribution in [0.3, 0.4) is 0 Å². The second-order valence-electron chi connectivity index (χ2n) is 6.82. The maximum atomic E-state index is 13.3. The molecular formula is C20H22FN3O. The van der Waals surface area contributed by atoms with Gasteiger partial charge >= 0.3 is 0 Å². The van der Waals surface area contributed by atoms with E-state index in [0.717, 1.165) is 37.2 Å². The van der Waals surface area contributed by atoms with Crippen LogP contribution in [0.5, 0.6) is 0 Å². The van der Waals surface area contributed by atoms with Gasteiger partial charge in [-0.3, -0.25) is 4.79 Å². The van der Waals surface area contributed by atoms with Crippen molar-refractivity contribution in [2.75, 3.05) is 24.7 Å². The molecule has 0 aromatic heterocycles. The van der Waals surface area contributed by atoms with Crippen LogP contribution in [-0.2, 0) is 11.3 Å². The highest BCUT2D eigenvalue weighted by Gasteiger charge is 2.52. The Labute approximate surface area is 147 Å². The number of nitrogens with zero attached hydrogens (tertiary/aromatic N) is 2. The predicted octanol–water partition coefficient (Wildman–Crippen LogP) is 2.75. The third-order valence-electron chi connectivity index (χ3n) is 5.30. The minimum atomic E-state index is -0.516. The molecule has 1 N–H and O–H groups in total. The van der Waals surface area contributed by atoms with Crippen LogP contribution in [-0.4, -0.2) is 36.1 Å². The van der Waals surface area contributed by atoms with E-state index in [-0.39, 0.29) is 11.7 Å². The Hall–Kier alpha value is -2.40. The monoisotopic (exact) mass is 339 g/mol. The van der Waals surface area contributed by atoms with Crippen LogP contribution in [0.25, 0.3) is 0 Å². The van der Waals surface area contributed by atoms with Gasteiger partial charge in [0.15, 0.2) is 0 Å². The topological polar surface area (TPSA) is 35.6 Å². The van der Waals surface area contributed by atoms with Crippen molar-refractivity contribution < 1.29 is 9.18 Å². The van der Waals surface area contributed by atoms with Crippen LogP contribution in [0.4, 0.5) is 10.1 Å². The van der Waals surface area contributed by atoms with Gasteiger partial charge in [-0.25, -0.2) is 4.39 Å². The first-order valence-electron chi connectivity index (χ1n) is 8.76. The van der Waals surface area contributed by atoms with Gasteiger partial charge in [0.05, 0.1) is 6.67 Å². The molecule has 2 fully saturated rings. The molecule has 2 aromatic carbocycles. The van der Waals surface area contributed by atoms with Gasteiger partial charge in [-0.2, -0.15) is 0 Å². The van der Waals surface area contributed by atoms with Crippen molar-refractivity contribution in [1.29, 1.82) is 0 Å². The molecule has 0 radical (unpaired) electrons. The van der Waals surface area contributed by atoms with Gasteiger partial charge in [0, 0.05) is 12.2 Å². The zero-order valence-electron chi connectivity index (χ0n) is 14.1. The third-order valence-corrected chi connectivity index (χ3v) is 5.30. The average molecular weight is 339 g/mol. The van der Waals surface area contributed by atoms with Gasteiger partial charge < -0.3 is 15.1 Å². The van der Waals surface area contributed by atoms with Crippen molar-refractivity contribution >= 4 is 11.6 Å². The van der Waals surface area contributed by atoms with E-state index in [1.54, 1.807) is 12.1 Å². The maximum Gasteiger partial charge on any atom is 0.250 e. The van der Waals surface area contributed by atoms with Gasteiger partial charge in [-0.05, 0) is 55.8 Å². The quantitative estimate of drug-likeness (QED) is 0.934. The van der Waals surface area contributed by atoms with Gasteiger partial charge in [0.1, 0.15) is 11.4 Å². The lowest BCUT2D eigenvalue weighted by Gasteiger charge is -2.40. The second-order valence-corrected chi connectivity index (χ2v) is 6.82. The number of carbonyl (C=O) groups excluding carboxylic acids is 1. The molecule has 2 aliphatic heterocycles. The molecule has 0 bridgehead atoms. The molecule has 0 atom stereocenters. The first kappa shape index (κ1) is 16.1. The fraction of sp³-hybridized carbons (Fsp3) is 0.350. The van der Waals surface area contributed by atoms with Crippen LogP contribution in [0.15, 0.2) is 54.6 Å². The van der Waals surface area contributed by atoms with E-state index < -0.39 is 5.54 Å². The molecule has 1 spiro atoms. The van der Waals surface area contributed by atoms with E-state index >= 15 is 0 Å². The number of rotatable bonds is 3. The van der Waals surface area contributed by atoms with E-state index in [2.05, 4.69) is 10.2 Å². The summed E-state index contributed by atoms with van der Waals surface area (Å²) in [5.74, 6) is -0.0723. The van der Waals surface area contributed by atoms with Crippen molar-refractivity contribution in [3.63, 3.8) is 0 Å². The van der Waals surface area contributed by atoms with Crippen LogP contribution < -0.4 is 10.2 Å². The van der Waals surface area contributed by atoms with Crippen molar-refractivity contribution in [2.45, 2.75) is 24.9 Å². The molecule has 2 aliphatic rings. The molecule has 2 saturated heterocycles. The second kappa shape index (κ2) is 6.48. The zero-order valence-corrected chi connectivity index (χ0v) is 14.1. The number of hydrogen-bond donors (Lipinski definition) is 1. The number of halogens is 1. The highest BCUT2D eigenvalue weighted by molar-refractivity contribution is 5.93. The predicted molar refractivity (Wildman–Crippen MR) is 95.6 cm³/mol. The number of anilines is 1. The molecule has 130 valence electrons. The molecule has 0 unspecified atom stereocenters. The van der Waals surface area contributed by atoms with Gasteiger partial charge in [-0.15, -0.1) is 0 Å². The van der Waals surface area contributed by atoms with Crippen molar-refractivity contribution in [3.8, 4) is 0 Å². The number of benzene rings is 2. The lowest BCUT2D eigenvalue weighted by Crippen LogP contribution is -2.55. The summed E-state index contributed by atoms with van der Waals surface area (Å²) in [6.07, 6.45) is 1.54. The fourth-order valence-corrected chi connectivity index (χ4v) is 3.98. The molecule has 2 heterocycles. The van der Waals surface area contributed by atoms with Crippen LogP contribution in [0.1, 0.15) is 18.4 Å². The smallest absolute Gasteiger partial charge is 0.250 e. The summed E-state index contributed by atoms with van der Waals surface area (Å²) in [6, 6.07) is 16.5. The standard InChI is InChI=1S/C20H22FN3O/c21-17-6-8-18(9-7-17)24-15-23(14-16-4-2-1-3-5-16)19(25)20(24)10-12-22-13-11-20/h1-9,22H,10-15H2. The van der Waals surface area contributed by atoms with Crippen LogP contribution in [0.2, 0.25) is 0 Å². The summed E-state index contributed by atoms with van der Waals surface area (Å²) >= 11 is 0. The first-order valence-corrected chi connectivity index (χ1v) is 8.76. The van der Waals surface area contributed by atoms with Crippen LogP contribution in [0, 0.1) is 5.82 Å². The average Bonchev–Trinajstić information content (AvgIpc) is 2.90. The number of hydrogen-bond acceptors (Lipinski definition) is 3. The molecule has 5 heteroatoms. The minimum Gasteiger partial charge on any atom is -0.339 e. The van der Waals surface area contributed by atoms with Crippen molar-refractivity contribution in [2.24, 2.45) is 0 Å². The SMILES string of the molecule is O=C1N(Cc2ccccc2)CN(c2ccc(F)cc2)C12CCNCC2. The maximum absolute atomic E-state index is 13.3.